The standard InChI is InChI=1S/C24H30N2O2/c1-25-13-15-26(16-14-25)12-11-18-7-9-22-20(18)5-4-6-21(22)19-8-10-23(27-2)24(17-19)28-3/h4-8,10,17H,9,11-16H2,1-3H3. The van der Waals surface area contributed by atoms with Crippen LogP contribution in [0.4, 0.5) is 0 Å². The van der Waals surface area contributed by atoms with Gasteiger partial charge in [-0.3, -0.25) is 0 Å². The number of nitrogens with zero attached hydrogens (tertiary/aromatic N) is 2. The van der Waals surface area contributed by atoms with E-state index in [1.807, 2.05) is 6.07 Å². The summed E-state index contributed by atoms with van der Waals surface area (Å²) in [7, 11) is 5.58. The van der Waals surface area contributed by atoms with E-state index < -0.39 is 0 Å². The van der Waals surface area contributed by atoms with Crippen LogP contribution in [0.15, 0.2) is 42.5 Å². The summed E-state index contributed by atoms with van der Waals surface area (Å²) >= 11 is 0. The average Bonchev–Trinajstić information content (AvgIpc) is 3.16. The van der Waals surface area contributed by atoms with Crippen molar-refractivity contribution in [2.45, 2.75) is 12.8 Å². The maximum atomic E-state index is 5.51. The summed E-state index contributed by atoms with van der Waals surface area (Å²) in [6.45, 7) is 5.88. The molecule has 1 fully saturated rings. The van der Waals surface area contributed by atoms with Crippen molar-refractivity contribution in [3.05, 3.63) is 53.6 Å². The van der Waals surface area contributed by atoms with Crippen molar-refractivity contribution < 1.29 is 9.47 Å². The van der Waals surface area contributed by atoms with Crippen molar-refractivity contribution in [2.24, 2.45) is 0 Å². The molecule has 2 aromatic carbocycles. The lowest BCUT2D eigenvalue weighted by Gasteiger charge is -2.32. The Morgan fingerprint density at radius 2 is 1.64 bits per heavy atom. The normalized spacial score (nSPS) is 17.3. The molecule has 0 unspecified atom stereocenters. The Labute approximate surface area is 168 Å². The third-order valence-corrected chi connectivity index (χ3v) is 6.06. The molecule has 0 radical (unpaired) electrons. The molecule has 4 nitrogen and oxygen atoms in total. The lowest BCUT2D eigenvalue weighted by molar-refractivity contribution is 0.157. The fraction of sp³-hybridized carbons (Fsp3) is 0.417. The summed E-state index contributed by atoms with van der Waals surface area (Å²) in [6, 6.07) is 12.9. The summed E-state index contributed by atoms with van der Waals surface area (Å²) in [5.74, 6) is 1.55. The maximum Gasteiger partial charge on any atom is 0.161 e. The van der Waals surface area contributed by atoms with E-state index in [0.29, 0.717) is 0 Å². The van der Waals surface area contributed by atoms with E-state index in [9.17, 15) is 0 Å². The second-order valence-electron chi connectivity index (χ2n) is 7.73. The van der Waals surface area contributed by atoms with Gasteiger partial charge in [0.25, 0.3) is 0 Å². The Balaban J connectivity index is 1.52. The minimum atomic E-state index is 0.768. The number of ether oxygens (including phenoxy) is 2. The van der Waals surface area contributed by atoms with Gasteiger partial charge in [-0.05, 0) is 59.8 Å². The van der Waals surface area contributed by atoms with Crippen LogP contribution in [0.25, 0.3) is 16.7 Å². The molecule has 0 N–H and O–H groups in total. The summed E-state index contributed by atoms with van der Waals surface area (Å²) in [5, 5.41) is 0. The molecule has 1 aliphatic carbocycles. The third kappa shape index (κ3) is 3.80. The predicted molar refractivity (Wildman–Crippen MR) is 115 cm³/mol. The lowest BCUT2D eigenvalue weighted by Crippen LogP contribution is -2.44. The molecular weight excluding hydrogens is 348 g/mol. The van der Waals surface area contributed by atoms with Gasteiger partial charge in [0.05, 0.1) is 14.2 Å². The number of likely N-dealkylation sites (N-methyl/N-ethyl adjacent to an activating group) is 1. The zero-order valence-electron chi connectivity index (χ0n) is 17.2. The number of fused-ring (bicyclic) bond motifs is 1. The highest BCUT2D eigenvalue weighted by Crippen LogP contribution is 2.39. The van der Waals surface area contributed by atoms with Crippen molar-refractivity contribution in [1.82, 2.24) is 9.80 Å². The molecule has 0 atom stereocenters. The van der Waals surface area contributed by atoms with E-state index >= 15 is 0 Å². The van der Waals surface area contributed by atoms with Crippen LogP contribution >= 0.6 is 0 Å². The van der Waals surface area contributed by atoms with Crippen molar-refractivity contribution in [3.8, 4) is 22.6 Å². The highest BCUT2D eigenvalue weighted by Gasteiger charge is 2.20. The van der Waals surface area contributed by atoms with E-state index in [1.165, 1.54) is 54.0 Å². The SMILES string of the molecule is COc1ccc(-c2cccc3c2CC=C3CCN2CCN(C)CC2)cc1OC. The molecule has 4 rings (SSSR count). The van der Waals surface area contributed by atoms with Gasteiger partial charge >= 0.3 is 0 Å². The fourth-order valence-electron chi connectivity index (χ4n) is 4.30. The average molecular weight is 379 g/mol. The van der Waals surface area contributed by atoms with Crippen LogP contribution in [-0.4, -0.2) is 63.8 Å². The van der Waals surface area contributed by atoms with Crippen LogP contribution in [-0.2, 0) is 6.42 Å². The molecule has 0 amide bonds. The minimum absolute atomic E-state index is 0.768. The number of rotatable bonds is 6. The van der Waals surface area contributed by atoms with Gasteiger partial charge in [0.2, 0.25) is 0 Å². The Bertz CT molecular complexity index is 867. The molecular formula is C24H30N2O2. The molecule has 1 aliphatic heterocycles. The van der Waals surface area contributed by atoms with E-state index in [-0.39, 0.29) is 0 Å². The molecule has 2 aliphatic rings. The molecule has 148 valence electrons. The first-order valence-corrected chi connectivity index (χ1v) is 10.1. The molecule has 2 aromatic rings. The van der Waals surface area contributed by atoms with Crippen LogP contribution in [0.2, 0.25) is 0 Å². The number of piperazine rings is 1. The Morgan fingerprint density at radius 1 is 0.893 bits per heavy atom. The van der Waals surface area contributed by atoms with Crippen LogP contribution in [0, 0.1) is 0 Å². The van der Waals surface area contributed by atoms with E-state index in [0.717, 1.165) is 30.9 Å². The summed E-state index contributed by atoms with van der Waals surface area (Å²) in [6.07, 6.45) is 4.56. The number of hydrogen-bond donors (Lipinski definition) is 0. The molecule has 0 aromatic heterocycles. The molecule has 28 heavy (non-hydrogen) atoms. The topological polar surface area (TPSA) is 24.9 Å². The molecule has 0 spiro atoms. The van der Waals surface area contributed by atoms with E-state index in [1.54, 1.807) is 14.2 Å². The zero-order valence-corrected chi connectivity index (χ0v) is 17.2. The summed E-state index contributed by atoms with van der Waals surface area (Å²) in [5.41, 5.74) is 6.83. The predicted octanol–water partition coefficient (Wildman–Crippen LogP) is 3.95. The van der Waals surface area contributed by atoms with Gasteiger partial charge in [0.1, 0.15) is 0 Å². The Hall–Kier alpha value is -2.30. The van der Waals surface area contributed by atoms with Crippen molar-refractivity contribution >= 4 is 5.57 Å². The summed E-state index contributed by atoms with van der Waals surface area (Å²) < 4.78 is 10.9. The molecule has 1 heterocycles. The first-order chi connectivity index (χ1) is 13.7. The van der Waals surface area contributed by atoms with E-state index in [2.05, 4.69) is 53.3 Å². The third-order valence-electron chi connectivity index (χ3n) is 6.06. The molecule has 0 saturated carbocycles. The van der Waals surface area contributed by atoms with Crippen molar-refractivity contribution in [2.75, 3.05) is 54.0 Å². The van der Waals surface area contributed by atoms with Gasteiger partial charge < -0.3 is 19.3 Å². The Morgan fingerprint density at radius 3 is 2.39 bits per heavy atom. The first kappa shape index (κ1) is 19.0. The zero-order chi connectivity index (χ0) is 19.5. The maximum absolute atomic E-state index is 5.51. The number of hydrogen-bond acceptors (Lipinski definition) is 4. The second kappa shape index (κ2) is 8.38. The van der Waals surface area contributed by atoms with Crippen molar-refractivity contribution in [3.63, 3.8) is 0 Å². The van der Waals surface area contributed by atoms with Gasteiger partial charge in [-0.15, -0.1) is 0 Å². The van der Waals surface area contributed by atoms with Gasteiger partial charge in [-0.1, -0.05) is 30.3 Å². The number of methoxy groups -OCH3 is 2. The number of allylic oxidation sites excluding steroid dienone is 1. The minimum Gasteiger partial charge on any atom is -0.493 e. The highest BCUT2D eigenvalue weighted by atomic mass is 16.5. The van der Waals surface area contributed by atoms with Gasteiger partial charge in [-0.25, -0.2) is 0 Å². The van der Waals surface area contributed by atoms with Gasteiger partial charge in [0.15, 0.2) is 11.5 Å². The smallest absolute Gasteiger partial charge is 0.161 e. The van der Waals surface area contributed by atoms with Crippen LogP contribution in [0.1, 0.15) is 17.5 Å². The molecule has 4 heteroatoms. The van der Waals surface area contributed by atoms with Crippen LogP contribution < -0.4 is 9.47 Å². The highest BCUT2D eigenvalue weighted by molar-refractivity contribution is 5.82. The van der Waals surface area contributed by atoms with E-state index in [4.69, 9.17) is 9.47 Å². The van der Waals surface area contributed by atoms with Crippen LogP contribution in [0.5, 0.6) is 11.5 Å². The number of benzene rings is 2. The van der Waals surface area contributed by atoms with Crippen molar-refractivity contribution in [1.29, 1.82) is 0 Å². The second-order valence-corrected chi connectivity index (χ2v) is 7.73. The fourth-order valence-corrected chi connectivity index (χ4v) is 4.30. The van der Waals surface area contributed by atoms with Gasteiger partial charge in [-0.2, -0.15) is 0 Å². The molecule has 0 bridgehead atoms. The van der Waals surface area contributed by atoms with Gasteiger partial charge in [0, 0.05) is 32.7 Å². The van der Waals surface area contributed by atoms with Crippen LogP contribution in [0.3, 0.4) is 0 Å². The largest absolute Gasteiger partial charge is 0.493 e. The molecule has 1 saturated heterocycles. The first-order valence-electron chi connectivity index (χ1n) is 10.1. The Kier molecular flexibility index (Phi) is 5.69. The lowest BCUT2D eigenvalue weighted by atomic mass is 9.94. The summed E-state index contributed by atoms with van der Waals surface area (Å²) in [4.78, 5) is 5.01. The quantitative estimate of drug-likeness (QED) is 0.760. The monoisotopic (exact) mass is 378 g/mol.